The van der Waals surface area contributed by atoms with Crippen LogP contribution in [0.25, 0.3) is 9.40 Å². The van der Waals surface area contributed by atoms with Crippen LogP contribution in [0.3, 0.4) is 0 Å². The quantitative estimate of drug-likeness (QED) is 0.747. The van der Waals surface area contributed by atoms with E-state index < -0.39 is 0 Å². The van der Waals surface area contributed by atoms with Gasteiger partial charge in [-0.2, -0.15) is 0 Å². The molecule has 0 bridgehead atoms. The van der Waals surface area contributed by atoms with Gasteiger partial charge < -0.3 is 4.74 Å². The van der Waals surface area contributed by atoms with Gasteiger partial charge in [0, 0.05) is 10.3 Å². The molecule has 0 saturated heterocycles. The Kier molecular flexibility index (Phi) is 4.18. The molecule has 2 rings (SSSR count). The van der Waals surface area contributed by atoms with Gasteiger partial charge in [0.1, 0.15) is 0 Å². The average Bonchev–Trinajstić information content (AvgIpc) is 2.85. The smallest absolute Gasteiger partial charge is 0.339 e. The molecule has 92 valence electrons. The van der Waals surface area contributed by atoms with Crippen LogP contribution >= 0.6 is 22.7 Å². The molecule has 0 aliphatic carbocycles. The van der Waals surface area contributed by atoms with Gasteiger partial charge in [0.05, 0.1) is 16.2 Å². The van der Waals surface area contributed by atoms with Crippen LogP contribution in [0.15, 0.2) is 11.4 Å². The maximum atomic E-state index is 12.0. The van der Waals surface area contributed by atoms with E-state index in [0.29, 0.717) is 6.61 Å². The first kappa shape index (κ1) is 12.6. The van der Waals surface area contributed by atoms with Crippen molar-refractivity contribution in [2.45, 2.75) is 33.1 Å². The number of fused-ring (bicyclic) bond motifs is 1. The maximum Gasteiger partial charge on any atom is 0.339 e. The topological polar surface area (TPSA) is 26.3 Å². The zero-order valence-electron chi connectivity index (χ0n) is 10.1. The van der Waals surface area contributed by atoms with Gasteiger partial charge in [-0.25, -0.2) is 4.79 Å². The van der Waals surface area contributed by atoms with Crippen molar-refractivity contribution in [2.24, 2.45) is 0 Å². The summed E-state index contributed by atoms with van der Waals surface area (Å²) in [5, 5.41) is 3.11. The fourth-order valence-corrected chi connectivity index (χ4v) is 4.14. The van der Waals surface area contributed by atoms with Gasteiger partial charge in [-0.3, -0.25) is 0 Å². The molecule has 2 nitrogen and oxygen atoms in total. The molecule has 2 aromatic rings. The first-order chi connectivity index (χ1) is 8.27. The van der Waals surface area contributed by atoms with Crippen molar-refractivity contribution in [1.29, 1.82) is 0 Å². The summed E-state index contributed by atoms with van der Waals surface area (Å²) < 4.78 is 6.39. The molecule has 17 heavy (non-hydrogen) atoms. The van der Waals surface area contributed by atoms with Crippen LogP contribution in [-0.2, 0) is 11.2 Å². The zero-order chi connectivity index (χ0) is 12.3. The Labute approximate surface area is 109 Å². The predicted molar refractivity (Wildman–Crippen MR) is 74.3 cm³/mol. The number of hydrogen-bond acceptors (Lipinski definition) is 4. The highest BCUT2D eigenvalue weighted by atomic mass is 32.2. The minimum Gasteiger partial charge on any atom is -0.462 e. The molecule has 0 spiro atoms. The molecule has 2 heterocycles. The van der Waals surface area contributed by atoms with Crippen LogP contribution in [0, 0.1) is 0 Å². The monoisotopic (exact) mass is 268 g/mol. The molecule has 0 aromatic carbocycles. The fraction of sp³-hybridized carbons (Fsp3) is 0.462. The normalized spacial score (nSPS) is 10.9. The Balaban J connectivity index is 2.39. The fourth-order valence-electron chi connectivity index (χ4n) is 1.81. The summed E-state index contributed by atoms with van der Waals surface area (Å²) in [6.45, 7) is 4.45. The first-order valence-electron chi connectivity index (χ1n) is 5.93. The van der Waals surface area contributed by atoms with Gasteiger partial charge in [0.2, 0.25) is 0 Å². The van der Waals surface area contributed by atoms with E-state index in [9.17, 15) is 4.79 Å². The first-order valence-corrected chi connectivity index (χ1v) is 7.63. The van der Waals surface area contributed by atoms with Gasteiger partial charge in [-0.05, 0) is 31.2 Å². The molecule has 0 aliphatic rings. The van der Waals surface area contributed by atoms with E-state index in [0.717, 1.165) is 30.2 Å². The second-order valence-corrected chi connectivity index (χ2v) is 6.13. The molecule has 0 amide bonds. The maximum absolute atomic E-state index is 12.0. The molecule has 2 aromatic heterocycles. The molecular weight excluding hydrogens is 252 g/mol. The van der Waals surface area contributed by atoms with Crippen molar-refractivity contribution in [2.75, 3.05) is 6.61 Å². The van der Waals surface area contributed by atoms with E-state index in [1.807, 2.05) is 18.4 Å². The lowest BCUT2D eigenvalue weighted by Gasteiger charge is -2.03. The van der Waals surface area contributed by atoms with Crippen LogP contribution < -0.4 is 0 Å². The van der Waals surface area contributed by atoms with Crippen LogP contribution in [0.1, 0.15) is 41.9 Å². The summed E-state index contributed by atoms with van der Waals surface area (Å²) in [5.41, 5.74) is 0.807. The minimum atomic E-state index is -0.164. The largest absolute Gasteiger partial charge is 0.462 e. The average molecular weight is 268 g/mol. The van der Waals surface area contributed by atoms with E-state index in [1.54, 1.807) is 22.7 Å². The Morgan fingerprint density at radius 3 is 2.94 bits per heavy atom. The Hall–Kier alpha value is -0.870. The molecule has 0 aliphatic heterocycles. The summed E-state index contributed by atoms with van der Waals surface area (Å²) in [5.74, 6) is -0.164. The van der Waals surface area contributed by atoms with Crippen LogP contribution in [-0.4, -0.2) is 12.6 Å². The SMILES string of the molecule is CCCCc1sc2sccc2c1C(=O)OCC. The predicted octanol–water partition coefficient (Wildman–Crippen LogP) is 4.48. The standard InChI is InChI=1S/C13H16O2S2/c1-3-5-6-10-11(12(14)15-4-2)9-7-8-16-13(9)17-10/h7-8H,3-6H2,1-2H3. The summed E-state index contributed by atoms with van der Waals surface area (Å²) in [6, 6.07) is 2.03. The number of aryl methyl sites for hydroxylation is 1. The second-order valence-electron chi connectivity index (χ2n) is 3.85. The Morgan fingerprint density at radius 2 is 2.24 bits per heavy atom. The molecule has 0 N–H and O–H groups in total. The number of thiophene rings is 2. The van der Waals surface area contributed by atoms with E-state index >= 15 is 0 Å². The number of carbonyl (C=O) groups is 1. The summed E-state index contributed by atoms with van der Waals surface area (Å²) in [7, 11) is 0. The van der Waals surface area contributed by atoms with E-state index in [1.165, 1.54) is 8.89 Å². The van der Waals surface area contributed by atoms with Crippen molar-refractivity contribution in [1.82, 2.24) is 0 Å². The second kappa shape index (κ2) is 5.65. The van der Waals surface area contributed by atoms with E-state index in [4.69, 9.17) is 4.74 Å². The molecule has 4 heteroatoms. The van der Waals surface area contributed by atoms with E-state index in [2.05, 4.69) is 6.92 Å². The lowest BCUT2D eigenvalue weighted by atomic mass is 10.1. The third-order valence-electron chi connectivity index (χ3n) is 2.63. The number of unbranched alkanes of at least 4 members (excludes halogenated alkanes) is 1. The van der Waals surface area contributed by atoms with E-state index in [-0.39, 0.29) is 5.97 Å². The molecule has 0 atom stereocenters. The lowest BCUT2D eigenvalue weighted by Crippen LogP contribution is -2.06. The van der Waals surface area contributed by atoms with Gasteiger partial charge in [-0.15, -0.1) is 22.7 Å². The third-order valence-corrected chi connectivity index (χ3v) is 4.94. The molecule has 0 unspecified atom stereocenters. The lowest BCUT2D eigenvalue weighted by molar-refractivity contribution is 0.0528. The third kappa shape index (κ3) is 2.53. The number of carbonyl (C=O) groups excluding carboxylic acids is 1. The van der Waals surface area contributed by atoms with Crippen molar-refractivity contribution >= 4 is 38.0 Å². The number of ether oxygens (including phenoxy) is 1. The molecular formula is C13H16O2S2. The van der Waals surface area contributed by atoms with Crippen LogP contribution in [0.2, 0.25) is 0 Å². The molecule has 0 radical (unpaired) electrons. The number of hydrogen-bond donors (Lipinski definition) is 0. The summed E-state index contributed by atoms with van der Waals surface area (Å²) in [6.07, 6.45) is 3.25. The van der Waals surface area contributed by atoms with Crippen LogP contribution in [0.5, 0.6) is 0 Å². The highest BCUT2D eigenvalue weighted by Gasteiger charge is 2.20. The van der Waals surface area contributed by atoms with Gasteiger partial charge in [0.25, 0.3) is 0 Å². The van der Waals surface area contributed by atoms with Gasteiger partial charge in [0.15, 0.2) is 0 Å². The Bertz CT molecular complexity index is 510. The van der Waals surface area contributed by atoms with Crippen molar-refractivity contribution in [3.63, 3.8) is 0 Å². The van der Waals surface area contributed by atoms with Crippen LogP contribution in [0.4, 0.5) is 0 Å². The molecule has 0 fully saturated rings. The van der Waals surface area contributed by atoms with Gasteiger partial charge >= 0.3 is 5.97 Å². The zero-order valence-corrected chi connectivity index (χ0v) is 11.7. The van der Waals surface area contributed by atoms with Crippen molar-refractivity contribution in [3.05, 3.63) is 21.9 Å². The summed E-state index contributed by atoms with van der Waals surface area (Å²) in [4.78, 5) is 13.2. The highest BCUT2D eigenvalue weighted by molar-refractivity contribution is 7.37. The highest BCUT2D eigenvalue weighted by Crippen LogP contribution is 2.36. The van der Waals surface area contributed by atoms with Crippen molar-refractivity contribution < 1.29 is 9.53 Å². The molecule has 0 saturated carbocycles. The van der Waals surface area contributed by atoms with Crippen molar-refractivity contribution in [3.8, 4) is 0 Å². The Morgan fingerprint density at radius 1 is 1.41 bits per heavy atom. The summed E-state index contributed by atoms with van der Waals surface area (Å²) >= 11 is 3.44. The number of esters is 1. The minimum absolute atomic E-state index is 0.164. The van der Waals surface area contributed by atoms with Gasteiger partial charge in [-0.1, -0.05) is 13.3 Å². The number of rotatable bonds is 5.